The lowest BCUT2D eigenvalue weighted by atomic mass is 9.96. The average molecular weight is 215 g/mol. The summed E-state index contributed by atoms with van der Waals surface area (Å²) in [7, 11) is 3.40. The van der Waals surface area contributed by atoms with Crippen molar-refractivity contribution in [2.75, 3.05) is 40.5 Å². The van der Waals surface area contributed by atoms with E-state index in [-0.39, 0.29) is 5.54 Å². The molecule has 0 saturated carbocycles. The lowest BCUT2D eigenvalue weighted by Crippen LogP contribution is -2.55. The summed E-state index contributed by atoms with van der Waals surface area (Å²) in [4.78, 5) is 6.40. The Morgan fingerprint density at radius 3 is 2.73 bits per heavy atom. The van der Waals surface area contributed by atoms with E-state index in [4.69, 9.17) is 15.2 Å². The molecule has 0 aromatic carbocycles. The van der Waals surface area contributed by atoms with Crippen LogP contribution < -0.4 is 5.73 Å². The van der Waals surface area contributed by atoms with Crippen LogP contribution in [0.4, 0.5) is 0 Å². The molecular formula is C10H21N3O2. The fourth-order valence-electron chi connectivity index (χ4n) is 1.97. The van der Waals surface area contributed by atoms with Crippen LogP contribution in [-0.4, -0.2) is 56.9 Å². The SMILES string of the molecule is CCC1(COC)CN=C(N)N1CCOC. The van der Waals surface area contributed by atoms with Gasteiger partial charge in [0, 0.05) is 20.8 Å². The second kappa shape index (κ2) is 5.32. The molecule has 0 aromatic rings. The number of hydrogen-bond donors (Lipinski definition) is 1. The number of methoxy groups -OCH3 is 2. The van der Waals surface area contributed by atoms with Crippen molar-refractivity contribution in [2.24, 2.45) is 10.7 Å². The summed E-state index contributed by atoms with van der Waals surface area (Å²) in [6.45, 7) is 4.92. The van der Waals surface area contributed by atoms with Gasteiger partial charge in [-0.05, 0) is 6.42 Å². The van der Waals surface area contributed by atoms with Gasteiger partial charge in [-0.2, -0.15) is 0 Å². The van der Waals surface area contributed by atoms with Crippen LogP contribution in [-0.2, 0) is 9.47 Å². The summed E-state index contributed by atoms with van der Waals surface area (Å²) in [6.07, 6.45) is 0.967. The second-order valence-corrected chi connectivity index (χ2v) is 3.83. The molecule has 1 aliphatic rings. The first-order chi connectivity index (χ1) is 7.20. The van der Waals surface area contributed by atoms with E-state index < -0.39 is 0 Å². The first kappa shape index (κ1) is 12.3. The molecule has 0 fully saturated rings. The van der Waals surface area contributed by atoms with E-state index in [2.05, 4.69) is 16.8 Å². The van der Waals surface area contributed by atoms with Crippen molar-refractivity contribution in [3.8, 4) is 0 Å². The number of hydrogen-bond acceptors (Lipinski definition) is 5. The van der Waals surface area contributed by atoms with Crippen LogP contribution in [0, 0.1) is 0 Å². The number of guanidine groups is 1. The lowest BCUT2D eigenvalue weighted by molar-refractivity contribution is 0.0500. The molecule has 15 heavy (non-hydrogen) atoms. The summed E-state index contributed by atoms with van der Waals surface area (Å²) in [5.41, 5.74) is 5.79. The molecule has 2 N–H and O–H groups in total. The van der Waals surface area contributed by atoms with Crippen LogP contribution in [0.1, 0.15) is 13.3 Å². The van der Waals surface area contributed by atoms with Crippen LogP contribution in [0.2, 0.25) is 0 Å². The van der Waals surface area contributed by atoms with Gasteiger partial charge in [0.2, 0.25) is 0 Å². The number of nitrogens with two attached hydrogens (primary N) is 1. The summed E-state index contributed by atoms with van der Waals surface area (Å²) in [6, 6.07) is 0. The van der Waals surface area contributed by atoms with Crippen LogP contribution in [0.3, 0.4) is 0 Å². The van der Waals surface area contributed by atoms with Crippen LogP contribution >= 0.6 is 0 Å². The zero-order valence-electron chi connectivity index (χ0n) is 9.82. The highest BCUT2D eigenvalue weighted by atomic mass is 16.5. The number of rotatable bonds is 6. The van der Waals surface area contributed by atoms with Crippen molar-refractivity contribution in [1.82, 2.24) is 4.90 Å². The Balaban J connectivity index is 2.70. The molecule has 0 amide bonds. The highest BCUT2D eigenvalue weighted by Gasteiger charge is 2.40. The molecular weight excluding hydrogens is 194 g/mol. The molecule has 1 unspecified atom stereocenters. The van der Waals surface area contributed by atoms with Gasteiger partial charge in [-0.25, -0.2) is 0 Å². The van der Waals surface area contributed by atoms with E-state index in [1.807, 2.05) is 0 Å². The van der Waals surface area contributed by atoms with Gasteiger partial charge in [-0.15, -0.1) is 0 Å². The first-order valence-electron chi connectivity index (χ1n) is 5.25. The van der Waals surface area contributed by atoms with Gasteiger partial charge < -0.3 is 20.1 Å². The zero-order valence-corrected chi connectivity index (χ0v) is 9.82. The quantitative estimate of drug-likeness (QED) is 0.680. The molecule has 5 nitrogen and oxygen atoms in total. The summed E-state index contributed by atoms with van der Waals surface area (Å²) >= 11 is 0. The topological polar surface area (TPSA) is 60.1 Å². The van der Waals surface area contributed by atoms with Crippen molar-refractivity contribution in [3.05, 3.63) is 0 Å². The minimum atomic E-state index is -0.0721. The van der Waals surface area contributed by atoms with E-state index in [0.717, 1.165) is 13.0 Å². The zero-order chi connectivity index (χ0) is 11.3. The predicted octanol–water partition coefficient (Wildman–Crippen LogP) is 0.0583. The van der Waals surface area contributed by atoms with Crippen LogP contribution in [0.15, 0.2) is 4.99 Å². The maximum Gasteiger partial charge on any atom is 0.192 e. The van der Waals surface area contributed by atoms with Crippen molar-refractivity contribution in [2.45, 2.75) is 18.9 Å². The Hall–Kier alpha value is -0.810. The van der Waals surface area contributed by atoms with Crippen molar-refractivity contribution >= 4 is 5.96 Å². The van der Waals surface area contributed by atoms with Gasteiger partial charge in [0.05, 0.1) is 25.3 Å². The predicted molar refractivity (Wildman–Crippen MR) is 60.0 cm³/mol. The molecule has 1 atom stereocenters. The van der Waals surface area contributed by atoms with Crippen LogP contribution in [0.5, 0.6) is 0 Å². The molecule has 0 bridgehead atoms. The highest BCUT2D eigenvalue weighted by molar-refractivity contribution is 5.81. The van der Waals surface area contributed by atoms with Crippen molar-refractivity contribution < 1.29 is 9.47 Å². The molecule has 0 saturated heterocycles. The minimum absolute atomic E-state index is 0.0721. The normalized spacial score (nSPS) is 25.8. The van der Waals surface area contributed by atoms with Crippen molar-refractivity contribution in [3.63, 3.8) is 0 Å². The Morgan fingerprint density at radius 2 is 2.20 bits per heavy atom. The fourth-order valence-corrected chi connectivity index (χ4v) is 1.97. The lowest BCUT2D eigenvalue weighted by Gasteiger charge is -2.37. The first-order valence-corrected chi connectivity index (χ1v) is 5.25. The maximum absolute atomic E-state index is 5.87. The Morgan fingerprint density at radius 1 is 1.47 bits per heavy atom. The smallest absolute Gasteiger partial charge is 0.192 e. The largest absolute Gasteiger partial charge is 0.383 e. The summed E-state index contributed by atoms with van der Waals surface area (Å²) < 4.78 is 10.3. The van der Waals surface area contributed by atoms with Gasteiger partial charge >= 0.3 is 0 Å². The molecule has 0 radical (unpaired) electrons. The minimum Gasteiger partial charge on any atom is -0.383 e. The third-order valence-electron chi connectivity index (χ3n) is 2.97. The van der Waals surface area contributed by atoms with Gasteiger partial charge in [-0.1, -0.05) is 6.92 Å². The number of aliphatic imine (C=N–C) groups is 1. The molecule has 88 valence electrons. The molecule has 1 aliphatic heterocycles. The van der Waals surface area contributed by atoms with Gasteiger partial charge in [-0.3, -0.25) is 4.99 Å². The summed E-state index contributed by atoms with van der Waals surface area (Å²) in [5, 5.41) is 0. The number of nitrogens with zero attached hydrogens (tertiary/aromatic N) is 2. The van der Waals surface area contributed by atoms with Gasteiger partial charge in [0.15, 0.2) is 5.96 Å². The third-order valence-corrected chi connectivity index (χ3v) is 2.97. The maximum atomic E-state index is 5.87. The molecule has 1 heterocycles. The van der Waals surface area contributed by atoms with E-state index in [9.17, 15) is 0 Å². The second-order valence-electron chi connectivity index (χ2n) is 3.83. The van der Waals surface area contributed by atoms with E-state index >= 15 is 0 Å². The monoisotopic (exact) mass is 215 g/mol. The average Bonchev–Trinajstić information content (AvgIpc) is 2.55. The summed E-state index contributed by atoms with van der Waals surface area (Å²) in [5.74, 6) is 0.603. The molecule has 0 spiro atoms. The van der Waals surface area contributed by atoms with E-state index in [1.165, 1.54) is 0 Å². The van der Waals surface area contributed by atoms with Gasteiger partial charge in [0.25, 0.3) is 0 Å². The Bertz CT molecular complexity index is 233. The molecule has 0 aliphatic carbocycles. The van der Waals surface area contributed by atoms with Crippen LogP contribution in [0.25, 0.3) is 0 Å². The van der Waals surface area contributed by atoms with E-state index in [1.54, 1.807) is 14.2 Å². The highest BCUT2D eigenvalue weighted by Crippen LogP contribution is 2.25. The standard InChI is InChI=1S/C10H21N3O2/c1-4-10(8-15-3)7-12-9(11)13(10)5-6-14-2/h4-8H2,1-3H3,(H2,11,12). The third kappa shape index (κ3) is 2.41. The number of ether oxygens (including phenoxy) is 2. The molecule has 0 aromatic heterocycles. The molecule has 5 heteroatoms. The fraction of sp³-hybridized carbons (Fsp3) is 0.900. The van der Waals surface area contributed by atoms with Gasteiger partial charge in [0.1, 0.15) is 0 Å². The van der Waals surface area contributed by atoms with Crippen molar-refractivity contribution in [1.29, 1.82) is 0 Å². The Kier molecular flexibility index (Phi) is 4.35. The Labute approximate surface area is 91.2 Å². The van der Waals surface area contributed by atoms with E-state index in [0.29, 0.717) is 25.7 Å². The molecule has 1 rings (SSSR count).